The second-order valence-electron chi connectivity index (χ2n) is 15.9. The summed E-state index contributed by atoms with van der Waals surface area (Å²) in [6.45, 7) is 0. The van der Waals surface area contributed by atoms with Crippen LogP contribution in [0.1, 0.15) is 22.0 Å². The van der Waals surface area contributed by atoms with E-state index in [1.54, 1.807) is 11.3 Å². The van der Waals surface area contributed by atoms with Crippen LogP contribution in [0.15, 0.2) is 204 Å². The van der Waals surface area contributed by atoms with E-state index in [1.165, 1.54) is 20.7 Å². The second kappa shape index (κ2) is 14.2. The predicted molar refractivity (Wildman–Crippen MR) is 257 cm³/mol. The Hall–Kier alpha value is -8.20. The lowest BCUT2D eigenvalue weighted by Crippen LogP contribution is -2.32. The van der Waals surface area contributed by atoms with Crippen molar-refractivity contribution in [2.45, 2.75) is 6.04 Å². The molecule has 0 aliphatic carbocycles. The zero-order chi connectivity index (χ0) is 41.4. The highest BCUT2D eigenvalue weighted by atomic mass is 32.1. The number of hydrogen-bond acceptors (Lipinski definition) is 7. The highest BCUT2D eigenvalue weighted by Crippen LogP contribution is 2.46. The van der Waals surface area contributed by atoms with Crippen molar-refractivity contribution in [3.63, 3.8) is 0 Å². The number of aromatic nitrogens is 4. The zero-order valence-corrected chi connectivity index (χ0v) is 34.4. The number of amidine groups is 1. The van der Waals surface area contributed by atoms with E-state index in [0.29, 0.717) is 17.6 Å². The molecule has 8 aromatic carbocycles. The number of rotatable bonds is 6. The van der Waals surface area contributed by atoms with Crippen molar-refractivity contribution >= 4 is 76.7 Å². The largest absolute Gasteiger partial charge is 0.456 e. The molecule has 8 heteroatoms. The molecule has 1 aliphatic rings. The fourth-order valence-electron chi connectivity index (χ4n) is 9.20. The fraction of sp³-hybridized carbons (Fsp3) is 0.0182. The zero-order valence-electron chi connectivity index (χ0n) is 33.6. The molecule has 0 spiro atoms. The lowest BCUT2D eigenvalue weighted by molar-refractivity contribution is 0.669. The van der Waals surface area contributed by atoms with Gasteiger partial charge in [0.25, 0.3) is 0 Å². The number of para-hydroxylation sites is 1. The van der Waals surface area contributed by atoms with E-state index in [4.69, 9.17) is 24.4 Å². The SMILES string of the molecule is c1ccc(-c2ccc3c(c2)c2ccccc2n3-c2nc(-c3ccccc3)nc(-c3ccc4oc5cccc(C6=Nc7c(sc8ccccc78)C(c7ccccc7)N6)c5c4c3)n2)cc1. The third-order valence-electron chi connectivity index (χ3n) is 12.1. The van der Waals surface area contributed by atoms with Gasteiger partial charge in [-0.05, 0) is 65.2 Å². The topological polar surface area (TPSA) is 81.1 Å². The quantitative estimate of drug-likeness (QED) is 0.181. The Morgan fingerprint density at radius 3 is 1.98 bits per heavy atom. The summed E-state index contributed by atoms with van der Waals surface area (Å²) in [7, 11) is 0. The maximum atomic E-state index is 6.59. The summed E-state index contributed by atoms with van der Waals surface area (Å²) in [5.41, 5.74) is 10.8. The average molecular weight is 827 g/mol. The van der Waals surface area contributed by atoms with E-state index in [9.17, 15) is 0 Å². The Labute approximate surface area is 365 Å². The van der Waals surface area contributed by atoms with E-state index in [2.05, 4.69) is 143 Å². The molecule has 0 saturated heterocycles. The monoisotopic (exact) mass is 826 g/mol. The minimum atomic E-state index is -0.0686. The first kappa shape index (κ1) is 35.5. The molecule has 12 aromatic rings. The molecule has 296 valence electrons. The van der Waals surface area contributed by atoms with E-state index >= 15 is 0 Å². The summed E-state index contributed by atoms with van der Waals surface area (Å²) in [5.74, 6) is 2.49. The Balaban J connectivity index is 1.00. The Morgan fingerprint density at radius 2 is 1.16 bits per heavy atom. The van der Waals surface area contributed by atoms with Crippen molar-refractivity contribution in [2.24, 2.45) is 4.99 Å². The first-order valence-corrected chi connectivity index (χ1v) is 21.8. The van der Waals surface area contributed by atoms with Crippen LogP contribution in [0.3, 0.4) is 0 Å². The van der Waals surface area contributed by atoms with Crippen molar-refractivity contribution in [1.82, 2.24) is 24.8 Å². The molecule has 0 amide bonds. The van der Waals surface area contributed by atoms with Gasteiger partial charge in [-0.2, -0.15) is 9.97 Å². The number of aliphatic imine (C=N–C) groups is 1. The van der Waals surface area contributed by atoms with E-state index in [1.807, 2.05) is 60.7 Å². The molecule has 0 radical (unpaired) electrons. The molecule has 1 atom stereocenters. The molecular weight excluding hydrogens is 793 g/mol. The molecule has 0 saturated carbocycles. The summed E-state index contributed by atoms with van der Waals surface area (Å²) in [6, 6.07) is 67.3. The van der Waals surface area contributed by atoms with Crippen LogP contribution in [0.5, 0.6) is 0 Å². The van der Waals surface area contributed by atoms with Crippen molar-refractivity contribution in [3.8, 4) is 39.9 Å². The second-order valence-corrected chi connectivity index (χ2v) is 16.9. The molecule has 13 rings (SSSR count). The highest BCUT2D eigenvalue weighted by Gasteiger charge is 2.29. The third-order valence-corrected chi connectivity index (χ3v) is 13.4. The lowest BCUT2D eigenvalue weighted by atomic mass is 9.98. The van der Waals surface area contributed by atoms with Gasteiger partial charge in [0, 0.05) is 48.3 Å². The molecule has 7 nitrogen and oxygen atoms in total. The maximum absolute atomic E-state index is 6.59. The number of fused-ring (bicyclic) bond motifs is 9. The molecule has 4 aromatic heterocycles. The number of hydrogen-bond donors (Lipinski definition) is 1. The minimum absolute atomic E-state index is 0.0686. The van der Waals surface area contributed by atoms with Crippen molar-refractivity contribution in [3.05, 3.63) is 210 Å². The normalized spacial score (nSPS) is 13.8. The number of nitrogens with zero attached hydrogens (tertiary/aromatic N) is 5. The van der Waals surface area contributed by atoms with Crippen LogP contribution in [0.2, 0.25) is 0 Å². The highest BCUT2D eigenvalue weighted by molar-refractivity contribution is 7.19. The van der Waals surface area contributed by atoms with Crippen LogP contribution in [0, 0.1) is 0 Å². The van der Waals surface area contributed by atoms with Crippen LogP contribution in [0.4, 0.5) is 5.69 Å². The number of benzene rings is 8. The van der Waals surface area contributed by atoms with E-state index in [-0.39, 0.29) is 6.04 Å². The fourth-order valence-corrected chi connectivity index (χ4v) is 10.4. The van der Waals surface area contributed by atoms with Crippen molar-refractivity contribution < 1.29 is 4.42 Å². The van der Waals surface area contributed by atoms with Crippen LogP contribution >= 0.6 is 11.3 Å². The summed E-state index contributed by atoms with van der Waals surface area (Å²) < 4.78 is 9.97. The minimum Gasteiger partial charge on any atom is -0.456 e. The van der Waals surface area contributed by atoms with Gasteiger partial charge in [0.1, 0.15) is 17.0 Å². The van der Waals surface area contributed by atoms with Crippen LogP contribution in [0.25, 0.3) is 93.7 Å². The Bertz CT molecular complexity index is 3780. The van der Waals surface area contributed by atoms with Crippen LogP contribution in [-0.4, -0.2) is 25.4 Å². The van der Waals surface area contributed by atoms with Gasteiger partial charge >= 0.3 is 0 Å². The number of furan rings is 1. The first-order chi connectivity index (χ1) is 31.2. The van der Waals surface area contributed by atoms with Gasteiger partial charge in [0.2, 0.25) is 5.95 Å². The molecule has 1 unspecified atom stereocenters. The van der Waals surface area contributed by atoms with Gasteiger partial charge < -0.3 is 9.73 Å². The summed E-state index contributed by atoms with van der Waals surface area (Å²) >= 11 is 1.80. The third kappa shape index (κ3) is 5.80. The Morgan fingerprint density at radius 1 is 0.492 bits per heavy atom. The van der Waals surface area contributed by atoms with Crippen LogP contribution < -0.4 is 5.32 Å². The van der Waals surface area contributed by atoms with E-state index in [0.717, 1.165) is 82.9 Å². The lowest BCUT2D eigenvalue weighted by Gasteiger charge is -2.26. The van der Waals surface area contributed by atoms with Crippen LogP contribution in [-0.2, 0) is 0 Å². The van der Waals surface area contributed by atoms with Gasteiger partial charge in [-0.1, -0.05) is 146 Å². The molecule has 63 heavy (non-hydrogen) atoms. The van der Waals surface area contributed by atoms with Gasteiger partial charge in [-0.15, -0.1) is 11.3 Å². The smallest absolute Gasteiger partial charge is 0.238 e. The summed E-state index contributed by atoms with van der Waals surface area (Å²) in [4.78, 5) is 22.3. The predicted octanol–water partition coefficient (Wildman–Crippen LogP) is 13.9. The van der Waals surface area contributed by atoms with Gasteiger partial charge in [-0.3, -0.25) is 4.57 Å². The average Bonchev–Trinajstić information content (AvgIpc) is 4.03. The number of thiophene rings is 1. The number of nitrogens with one attached hydrogen (secondary N) is 1. The molecular formula is C55H34N6OS. The molecule has 1 aliphatic heterocycles. The molecule has 0 fully saturated rings. The Kier molecular flexibility index (Phi) is 8.01. The van der Waals surface area contributed by atoms with Crippen molar-refractivity contribution in [2.75, 3.05) is 0 Å². The summed E-state index contributed by atoms with van der Waals surface area (Å²) in [5, 5.41) is 9.21. The summed E-state index contributed by atoms with van der Waals surface area (Å²) in [6.07, 6.45) is 0. The molecule has 5 heterocycles. The van der Waals surface area contributed by atoms with Crippen molar-refractivity contribution in [1.29, 1.82) is 0 Å². The van der Waals surface area contributed by atoms with Gasteiger partial charge in [0.15, 0.2) is 11.6 Å². The maximum Gasteiger partial charge on any atom is 0.238 e. The van der Waals surface area contributed by atoms with Gasteiger partial charge in [0.05, 0.1) is 27.6 Å². The standard InChI is InChI=1S/C55H34N6OS/c1-4-15-33(16-5-1)36-27-29-44-41(31-36)38-21-10-12-24-43(38)61(44)55-59-52(35-19-8-3-9-20-35)58-53(60-55)37-28-30-45-42(32-37)48-40(23-14-25-46(48)62-45)54-56-49(34-17-6-2-7-18-34)51-50(57-54)39-22-11-13-26-47(39)63-51/h1-32,49H,(H,56,57). The molecule has 0 bridgehead atoms. The van der Waals surface area contributed by atoms with E-state index < -0.39 is 0 Å². The first-order valence-electron chi connectivity index (χ1n) is 21.0. The van der Waals surface area contributed by atoms with Gasteiger partial charge in [-0.25, -0.2) is 9.98 Å². The molecule has 1 N–H and O–H groups in total.